The molecule has 2 rings (SSSR count). The maximum atomic E-state index is 6.20. The van der Waals surface area contributed by atoms with E-state index in [9.17, 15) is 0 Å². The van der Waals surface area contributed by atoms with Gasteiger partial charge in [-0.1, -0.05) is 18.5 Å². The largest absolute Gasteiger partial charge is 0.308 e. The lowest BCUT2D eigenvalue weighted by Gasteiger charge is -2.05. The van der Waals surface area contributed by atoms with Gasteiger partial charge in [-0.2, -0.15) is 5.10 Å². The first-order chi connectivity index (χ1) is 8.63. The first-order valence-electron chi connectivity index (χ1n) is 6.07. The lowest BCUT2D eigenvalue weighted by molar-refractivity contribution is 0.693. The SMILES string of the molecule is CCc1ccsc1CNCc1c(C)nn(C)c1Cl. The monoisotopic (exact) mass is 283 g/mol. The van der Waals surface area contributed by atoms with Gasteiger partial charge in [0, 0.05) is 30.6 Å². The van der Waals surface area contributed by atoms with E-state index in [0.717, 1.165) is 35.9 Å². The molecule has 0 aromatic carbocycles. The molecular weight excluding hydrogens is 266 g/mol. The van der Waals surface area contributed by atoms with Crippen LogP contribution in [0.2, 0.25) is 5.15 Å². The molecule has 0 radical (unpaired) electrons. The lowest BCUT2D eigenvalue weighted by Crippen LogP contribution is -2.13. The molecule has 0 spiro atoms. The lowest BCUT2D eigenvalue weighted by atomic mass is 10.2. The summed E-state index contributed by atoms with van der Waals surface area (Å²) < 4.78 is 1.72. The number of halogens is 1. The van der Waals surface area contributed by atoms with Gasteiger partial charge in [-0.15, -0.1) is 11.3 Å². The molecule has 5 heteroatoms. The molecule has 0 atom stereocenters. The fourth-order valence-electron chi connectivity index (χ4n) is 2.01. The number of rotatable bonds is 5. The van der Waals surface area contributed by atoms with E-state index < -0.39 is 0 Å². The van der Waals surface area contributed by atoms with Gasteiger partial charge in [0.25, 0.3) is 0 Å². The van der Waals surface area contributed by atoms with Crippen molar-refractivity contribution < 1.29 is 0 Å². The Labute approximate surface area is 117 Å². The zero-order valence-corrected chi connectivity index (χ0v) is 12.5. The van der Waals surface area contributed by atoms with Crippen molar-refractivity contribution in [2.24, 2.45) is 7.05 Å². The zero-order chi connectivity index (χ0) is 13.1. The van der Waals surface area contributed by atoms with Crippen LogP contribution in [0.15, 0.2) is 11.4 Å². The van der Waals surface area contributed by atoms with Gasteiger partial charge >= 0.3 is 0 Å². The molecule has 2 heterocycles. The van der Waals surface area contributed by atoms with Gasteiger partial charge in [0.15, 0.2) is 0 Å². The Bertz CT molecular complexity index is 530. The molecule has 98 valence electrons. The molecule has 2 aromatic rings. The van der Waals surface area contributed by atoms with E-state index in [1.165, 1.54) is 10.4 Å². The van der Waals surface area contributed by atoms with Crippen molar-refractivity contribution >= 4 is 22.9 Å². The van der Waals surface area contributed by atoms with Gasteiger partial charge in [0.2, 0.25) is 0 Å². The summed E-state index contributed by atoms with van der Waals surface area (Å²) in [4.78, 5) is 1.41. The number of aryl methyl sites for hydroxylation is 3. The smallest absolute Gasteiger partial charge is 0.131 e. The summed E-state index contributed by atoms with van der Waals surface area (Å²) in [6.45, 7) is 5.84. The maximum Gasteiger partial charge on any atom is 0.131 e. The van der Waals surface area contributed by atoms with Crippen LogP contribution in [0.3, 0.4) is 0 Å². The average Bonchev–Trinajstić information content (AvgIpc) is 2.89. The molecule has 0 bridgehead atoms. The van der Waals surface area contributed by atoms with Gasteiger partial charge in [0.1, 0.15) is 5.15 Å². The highest BCUT2D eigenvalue weighted by Gasteiger charge is 2.10. The number of thiophene rings is 1. The fraction of sp³-hybridized carbons (Fsp3) is 0.462. The average molecular weight is 284 g/mol. The summed E-state index contributed by atoms with van der Waals surface area (Å²) in [6, 6.07) is 2.20. The second kappa shape index (κ2) is 5.87. The highest BCUT2D eigenvalue weighted by atomic mass is 35.5. The van der Waals surface area contributed by atoms with Crippen molar-refractivity contribution in [1.29, 1.82) is 0 Å². The molecule has 1 N–H and O–H groups in total. The van der Waals surface area contributed by atoms with Crippen LogP contribution in [0.25, 0.3) is 0 Å². The van der Waals surface area contributed by atoms with Crippen LogP contribution < -0.4 is 5.32 Å². The van der Waals surface area contributed by atoms with Crippen LogP contribution >= 0.6 is 22.9 Å². The third-order valence-electron chi connectivity index (χ3n) is 3.08. The fourth-order valence-corrected chi connectivity index (χ4v) is 3.20. The molecule has 0 aliphatic rings. The van der Waals surface area contributed by atoms with E-state index >= 15 is 0 Å². The number of aromatic nitrogens is 2. The summed E-state index contributed by atoms with van der Waals surface area (Å²) in [7, 11) is 1.87. The number of hydrogen-bond acceptors (Lipinski definition) is 3. The Morgan fingerprint density at radius 2 is 2.22 bits per heavy atom. The molecule has 18 heavy (non-hydrogen) atoms. The number of hydrogen-bond donors (Lipinski definition) is 1. The molecule has 0 unspecified atom stereocenters. The van der Waals surface area contributed by atoms with Crippen molar-refractivity contribution in [2.75, 3.05) is 0 Å². The first kappa shape index (κ1) is 13.6. The van der Waals surface area contributed by atoms with Gasteiger partial charge in [0.05, 0.1) is 5.69 Å². The summed E-state index contributed by atoms with van der Waals surface area (Å²) in [5, 5.41) is 10.6. The Morgan fingerprint density at radius 3 is 2.83 bits per heavy atom. The second-order valence-electron chi connectivity index (χ2n) is 4.30. The Hall–Kier alpha value is -0.840. The molecule has 0 aliphatic heterocycles. The second-order valence-corrected chi connectivity index (χ2v) is 5.66. The third kappa shape index (κ3) is 2.76. The van der Waals surface area contributed by atoms with E-state index in [0.29, 0.717) is 0 Å². The number of nitrogens with one attached hydrogen (secondary N) is 1. The molecule has 0 saturated heterocycles. The van der Waals surface area contributed by atoms with E-state index in [1.54, 1.807) is 16.0 Å². The quantitative estimate of drug-likeness (QED) is 0.912. The Balaban J connectivity index is 1.96. The van der Waals surface area contributed by atoms with Gasteiger partial charge in [-0.3, -0.25) is 4.68 Å². The van der Waals surface area contributed by atoms with Gasteiger partial charge in [-0.05, 0) is 30.4 Å². The highest BCUT2D eigenvalue weighted by molar-refractivity contribution is 7.10. The standard InChI is InChI=1S/C13H18ClN3S/c1-4-10-5-6-18-12(10)8-15-7-11-9(2)16-17(3)13(11)14/h5-6,15H,4,7-8H2,1-3H3. The van der Waals surface area contributed by atoms with Gasteiger partial charge < -0.3 is 5.32 Å². The normalized spacial score (nSPS) is 11.1. The predicted molar refractivity (Wildman–Crippen MR) is 77.2 cm³/mol. The van der Waals surface area contributed by atoms with Crippen LogP contribution in [-0.2, 0) is 26.6 Å². The number of nitrogens with zero attached hydrogens (tertiary/aromatic N) is 2. The molecule has 2 aromatic heterocycles. The summed E-state index contributed by atoms with van der Waals surface area (Å²) in [6.07, 6.45) is 1.09. The first-order valence-corrected chi connectivity index (χ1v) is 7.33. The maximum absolute atomic E-state index is 6.20. The molecule has 0 fully saturated rings. The summed E-state index contributed by atoms with van der Waals surface area (Å²) >= 11 is 8.00. The minimum atomic E-state index is 0.724. The van der Waals surface area contributed by atoms with E-state index in [4.69, 9.17) is 11.6 Å². The summed E-state index contributed by atoms with van der Waals surface area (Å²) in [5.74, 6) is 0. The molecule has 3 nitrogen and oxygen atoms in total. The Morgan fingerprint density at radius 1 is 1.44 bits per heavy atom. The van der Waals surface area contributed by atoms with Crippen molar-refractivity contribution in [2.45, 2.75) is 33.4 Å². The van der Waals surface area contributed by atoms with E-state index in [2.05, 4.69) is 28.8 Å². The van der Waals surface area contributed by atoms with Crippen molar-refractivity contribution in [3.05, 3.63) is 38.3 Å². The topological polar surface area (TPSA) is 29.9 Å². The minimum Gasteiger partial charge on any atom is -0.308 e. The van der Waals surface area contributed by atoms with Crippen LogP contribution in [0.1, 0.15) is 28.6 Å². The van der Waals surface area contributed by atoms with Crippen LogP contribution in [0.5, 0.6) is 0 Å². The molecule has 0 aliphatic carbocycles. The molecule has 0 amide bonds. The van der Waals surface area contributed by atoms with E-state index in [1.807, 2.05) is 14.0 Å². The molecule has 0 saturated carbocycles. The van der Waals surface area contributed by atoms with Crippen molar-refractivity contribution in [3.63, 3.8) is 0 Å². The van der Waals surface area contributed by atoms with Crippen molar-refractivity contribution in [1.82, 2.24) is 15.1 Å². The zero-order valence-electron chi connectivity index (χ0n) is 11.0. The van der Waals surface area contributed by atoms with E-state index in [-0.39, 0.29) is 0 Å². The molecular formula is C13H18ClN3S. The van der Waals surface area contributed by atoms with Gasteiger partial charge in [-0.25, -0.2) is 0 Å². The van der Waals surface area contributed by atoms with Crippen molar-refractivity contribution in [3.8, 4) is 0 Å². The third-order valence-corrected chi connectivity index (χ3v) is 4.51. The summed E-state index contributed by atoms with van der Waals surface area (Å²) in [5.41, 5.74) is 3.52. The van der Waals surface area contributed by atoms with Crippen LogP contribution in [0.4, 0.5) is 0 Å². The predicted octanol–water partition coefficient (Wildman–Crippen LogP) is 3.30. The highest BCUT2D eigenvalue weighted by Crippen LogP contribution is 2.20. The minimum absolute atomic E-state index is 0.724. The van der Waals surface area contributed by atoms with Crippen LogP contribution in [0, 0.1) is 6.92 Å². The van der Waals surface area contributed by atoms with Crippen LogP contribution in [-0.4, -0.2) is 9.78 Å². The Kier molecular flexibility index (Phi) is 4.43.